The second-order valence-corrected chi connectivity index (χ2v) is 3.88. The van der Waals surface area contributed by atoms with Gasteiger partial charge in [-0.05, 0) is 18.6 Å². The van der Waals surface area contributed by atoms with Gasteiger partial charge in [-0.25, -0.2) is 0 Å². The molecule has 2 nitrogen and oxygen atoms in total. The molecule has 2 rings (SSSR count). The van der Waals surface area contributed by atoms with Crippen molar-refractivity contribution in [3.63, 3.8) is 0 Å². The molecule has 0 heterocycles. The molecular weight excluding hydrogens is 212 g/mol. The molecule has 0 unspecified atom stereocenters. The largest absolute Gasteiger partial charge is 0.496 e. The minimum Gasteiger partial charge on any atom is -0.496 e. The van der Waals surface area contributed by atoms with E-state index in [2.05, 4.69) is 0 Å². The van der Waals surface area contributed by atoms with E-state index in [-0.39, 0.29) is 5.78 Å². The van der Waals surface area contributed by atoms with Crippen molar-refractivity contribution < 1.29 is 9.53 Å². The molecule has 2 heteroatoms. The first-order chi connectivity index (χ1) is 8.22. The number of methoxy groups -OCH3 is 1. The number of rotatable bonds is 3. The summed E-state index contributed by atoms with van der Waals surface area (Å²) in [6, 6.07) is 14.8. The molecule has 0 spiro atoms. The Bertz CT molecular complexity index is 530. The number of carbonyl (C=O) groups excluding carboxylic acids is 1. The van der Waals surface area contributed by atoms with Gasteiger partial charge in [-0.1, -0.05) is 42.5 Å². The molecule has 0 radical (unpaired) electrons. The number of hydrogen-bond acceptors (Lipinski definition) is 2. The monoisotopic (exact) mass is 226 g/mol. The SMILES string of the molecule is COc1cc(C(=O)c2ccccc2)ccc1C. The fraction of sp³-hybridized carbons (Fsp3) is 0.133. The van der Waals surface area contributed by atoms with Gasteiger partial charge in [0.1, 0.15) is 5.75 Å². The molecule has 86 valence electrons. The fourth-order valence-electron chi connectivity index (χ4n) is 1.72. The van der Waals surface area contributed by atoms with Crippen LogP contribution in [-0.4, -0.2) is 12.9 Å². The molecule has 2 aromatic rings. The zero-order valence-electron chi connectivity index (χ0n) is 9.94. The number of ketones is 1. The summed E-state index contributed by atoms with van der Waals surface area (Å²) in [5.74, 6) is 0.760. The lowest BCUT2D eigenvalue weighted by molar-refractivity contribution is 0.103. The third-order valence-corrected chi connectivity index (χ3v) is 2.71. The average Bonchev–Trinajstić information content (AvgIpc) is 2.39. The topological polar surface area (TPSA) is 26.3 Å². The summed E-state index contributed by atoms with van der Waals surface area (Å²) < 4.78 is 5.22. The third kappa shape index (κ3) is 2.36. The van der Waals surface area contributed by atoms with Crippen molar-refractivity contribution in [3.05, 3.63) is 65.2 Å². The van der Waals surface area contributed by atoms with E-state index in [1.807, 2.05) is 49.4 Å². The minimum atomic E-state index is 0.0175. The van der Waals surface area contributed by atoms with Gasteiger partial charge in [0.2, 0.25) is 0 Å². The number of hydrogen-bond donors (Lipinski definition) is 0. The van der Waals surface area contributed by atoms with E-state index in [0.29, 0.717) is 11.1 Å². The first-order valence-electron chi connectivity index (χ1n) is 5.47. The third-order valence-electron chi connectivity index (χ3n) is 2.71. The molecule has 0 N–H and O–H groups in total. The lowest BCUT2D eigenvalue weighted by Gasteiger charge is -2.07. The van der Waals surface area contributed by atoms with Gasteiger partial charge in [0.15, 0.2) is 5.78 Å². The zero-order chi connectivity index (χ0) is 12.3. The van der Waals surface area contributed by atoms with Crippen LogP contribution in [-0.2, 0) is 0 Å². The molecule has 0 saturated heterocycles. The van der Waals surface area contributed by atoms with Crippen LogP contribution in [0.2, 0.25) is 0 Å². The number of aryl methyl sites for hydroxylation is 1. The van der Waals surface area contributed by atoms with Crippen LogP contribution in [0.5, 0.6) is 5.75 Å². The fourth-order valence-corrected chi connectivity index (χ4v) is 1.72. The van der Waals surface area contributed by atoms with Gasteiger partial charge >= 0.3 is 0 Å². The minimum absolute atomic E-state index is 0.0175. The predicted octanol–water partition coefficient (Wildman–Crippen LogP) is 3.23. The quantitative estimate of drug-likeness (QED) is 0.751. The van der Waals surface area contributed by atoms with Crippen LogP contribution < -0.4 is 4.74 Å². The lowest BCUT2D eigenvalue weighted by Crippen LogP contribution is -2.01. The Morgan fingerprint density at radius 2 is 1.71 bits per heavy atom. The summed E-state index contributed by atoms with van der Waals surface area (Å²) in [4.78, 5) is 12.2. The molecular formula is C15H14O2. The summed E-state index contributed by atoms with van der Waals surface area (Å²) in [5.41, 5.74) is 2.37. The van der Waals surface area contributed by atoms with Crippen molar-refractivity contribution in [2.45, 2.75) is 6.92 Å². The predicted molar refractivity (Wildman–Crippen MR) is 67.6 cm³/mol. The molecule has 0 aromatic heterocycles. The first kappa shape index (κ1) is 11.4. The second-order valence-electron chi connectivity index (χ2n) is 3.88. The van der Waals surface area contributed by atoms with Gasteiger partial charge in [-0.3, -0.25) is 4.79 Å². The lowest BCUT2D eigenvalue weighted by atomic mass is 10.0. The maximum Gasteiger partial charge on any atom is 0.193 e. The molecule has 0 bridgehead atoms. The highest BCUT2D eigenvalue weighted by atomic mass is 16.5. The molecule has 0 aliphatic carbocycles. The molecule has 0 aliphatic rings. The van der Waals surface area contributed by atoms with Gasteiger partial charge in [0, 0.05) is 11.1 Å². The molecule has 0 saturated carbocycles. The molecule has 0 fully saturated rings. The standard InChI is InChI=1S/C15H14O2/c1-11-8-9-13(10-14(11)17-2)15(16)12-6-4-3-5-7-12/h3-10H,1-2H3. The van der Waals surface area contributed by atoms with E-state index in [0.717, 1.165) is 11.3 Å². The Morgan fingerprint density at radius 1 is 1.00 bits per heavy atom. The first-order valence-corrected chi connectivity index (χ1v) is 5.47. The smallest absolute Gasteiger partial charge is 0.193 e. The highest BCUT2D eigenvalue weighted by Gasteiger charge is 2.10. The molecule has 0 amide bonds. The van der Waals surface area contributed by atoms with Crippen molar-refractivity contribution in [1.82, 2.24) is 0 Å². The van der Waals surface area contributed by atoms with E-state index in [4.69, 9.17) is 4.74 Å². The summed E-state index contributed by atoms with van der Waals surface area (Å²) in [6.45, 7) is 1.95. The zero-order valence-corrected chi connectivity index (χ0v) is 9.94. The molecule has 0 aliphatic heterocycles. The highest BCUT2D eigenvalue weighted by Crippen LogP contribution is 2.20. The van der Waals surface area contributed by atoms with Gasteiger partial charge in [-0.15, -0.1) is 0 Å². The van der Waals surface area contributed by atoms with Crippen molar-refractivity contribution >= 4 is 5.78 Å². The van der Waals surface area contributed by atoms with Gasteiger partial charge in [0.25, 0.3) is 0 Å². The number of carbonyl (C=O) groups is 1. The Hall–Kier alpha value is -2.09. The van der Waals surface area contributed by atoms with Crippen molar-refractivity contribution in [3.8, 4) is 5.75 Å². The van der Waals surface area contributed by atoms with Crippen LogP contribution in [0.3, 0.4) is 0 Å². The van der Waals surface area contributed by atoms with E-state index in [1.54, 1.807) is 13.2 Å². The molecule has 0 atom stereocenters. The average molecular weight is 226 g/mol. The van der Waals surface area contributed by atoms with E-state index < -0.39 is 0 Å². The maximum absolute atomic E-state index is 12.2. The van der Waals surface area contributed by atoms with E-state index >= 15 is 0 Å². The van der Waals surface area contributed by atoms with E-state index in [9.17, 15) is 4.79 Å². The normalized spacial score (nSPS) is 10.0. The van der Waals surface area contributed by atoms with Crippen molar-refractivity contribution in [1.29, 1.82) is 0 Å². The second kappa shape index (κ2) is 4.83. The molecule has 17 heavy (non-hydrogen) atoms. The highest BCUT2D eigenvalue weighted by molar-refractivity contribution is 6.09. The summed E-state index contributed by atoms with van der Waals surface area (Å²) >= 11 is 0. The number of benzene rings is 2. The van der Waals surface area contributed by atoms with Crippen LogP contribution in [0.25, 0.3) is 0 Å². The van der Waals surface area contributed by atoms with Crippen LogP contribution in [0.1, 0.15) is 21.5 Å². The Kier molecular flexibility index (Phi) is 3.24. The maximum atomic E-state index is 12.2. The van der Waals surface area contributed by atoms with Crippen molar-refractivity contribution in [2.24, 2.45) is 0 Å². The van der Waals surface area contributed by atoms with Crippen LogP contribution in [0, 0.1) is 6.92 Å². The van der Waals surface area contributed by atoms with Gasteiger partial charge < -0.3 is 4.74 Å². The van der Waals surface area contributed by atoms with Gasteiger partial charge in [-0.2, -0.15) is 0 Å². The van der Waals surface area contributed by atoms with Crippen LogP contribution in [0.15, 0.2) is 48.5 Å². The van der Waals surface area contributed by atoms with Crippen LogP contribution >= 0.6 is 0 Å². The Balaban J connectivity index is 2.38. The summed E-state index contributed by atoms with van der Waals surface area (Å²) in [5, 5.41) is 0. The summed E-state index contributed by atoms with van der Waals surface area (Å²) in [6.07, 6.45) is 0. The van der Waals surface area contributed by atoms with Crippen molar-refractivity contribution in [2.75, 3.05) is 7.11 Å². The Morgan fingerprint density at radius 3 is 2.35 bits per heavy atom. The van der Waals surface area contributed by atoms with E-state index in [1.165, 1.54) is 0 Å². The molecule has 2 aromatic carbocycles. The summed E-state index contributed by atoms with van der Waals surface area (Å²) in [7, 11) is 1.61. The number of ether oxygens (including phenoxy) is 1. The van der Waals surface area contributed by atoms with Gasteiger partial charge in [0.05, 0.1) is 7.11 Å². The van der Waals surface area contributed by atoms with Crippen LogP contribution in [0.4, 0.5) is 0 Å². The Labute approximate surface area is 101 Å².